The molecule has 2 aromatic heterocycles. The summed E-state index contributed by atoms with van der Waals surface area (Å²) in [6.45, 7) is -0.173. The number of carbonyl (C=O) groups excluding carboxylic acids is 1. The van der Waals surface area contributed by atoms with Crippen LogP contribution >= 0.6 is 0 Å². The van der Waals surface area contributed by atoms with Gasteiger partial charge in [0.25, 0.3) is 5.56 Å². The number of alkyl halides is 3. The number of hydrogen-bond acceptors (Lipinski definition) is 5. The van der Waals surface area contributed by atoms with Crippen molar-refractivity contribution in [3.63, 3.8) is 0 Å². The van der Waals surface area contributed by atoms with Crippen LogP contribution in [0.25, 0.3) is 11.0 Å². The number of esters is 1. The lowest BCUT2D eigenvalue weighted by molar-refractivity contribution is -0.141. The number of halogens is 3. The third kappa shape index (κ3) is 3.40. The van der Waals surface area contributed by atoms with E-state index in [0.717, 1.165) is 15.2 Å². The summed E-state index contributed by atoms with van der Waals surface area (Å²) in [5.41, 5.74) is -2.44. The van der Waals surface area contributed by atoms with Crippen LogP contribution in [-0.4, -0.2) is 27.2 Å². The molecule has 7 nitrogen and oxygen atoms in total. The smallest absolute Gasteiger partial charge is 0.433 e. The second kappa shape index (κ2) is 6.95. The number of carbonyl (C=O) groups is 1. The number of fused-ring (bicyclic) bond motifs is 1. The fourth-order valence-electron chi connectivity index (χ4n) is 2.77. The zero-order chi connectivity index (χ0) is 20.6. The SMILES string of the molecule is COC(=O)c1cccc(Cn2c(=O)c3ccc(C(F)(F)F)nc3n(C)c2=O)c1. The topological polar surface area (TPSA) is 83.2 Å². The Morgan fingerprint density at radius 2 is 1.89 bits per heavy atom. The maximum absolute atomic E-state index is 12.9. The average molecular weight is 393 g/mol. The quantitative estimate of drug-likeness (QED) is 0.636. The Labute approximate surface area is 155 Å². The molecule has 0 atom stereocenters. The normalized spacial score (nSPS) is 11.6. The van der Waals surface area contributed by atoms with Crippen LogP contribution in [0.4, 0.5) is 13.2 Å². The van der Waals surface area contributed by atoms with Gasteiger partial charge in [-0.05, 0) is 29.8 Å². The van der Waals surface area contributed by atoms with E-state index in [4.69, 9.17) is 0 Å². The number of nitrogens with zero attached hydrogens (tertiary/aromatic N) is 3. The van der Waals surface area contributed by atoms with E-state index in [1.54, 1.807) is 12.1 Å². The van der Waals surface area contributed by atoms with Crippen LogP contribution < -0.4 is 11.2 Å². The van der Waals surface area contributed by atoms with Crippen LogP contribution in [-0.2, 0) is 24.5 Å². The van der Waals surface area contributed by atoms with Crippen LogP contribution in [0.2, 0.25) is 0 Å². The van der Waals surface area contributed by atoms with E-state index >= 15 is 0 Å². The first kappa shape index (κ1) is 19.3. The number of methoxy groups -OCH3 is 1. The number of rotatable bonds is 3. The van der Waals surface area contributed by atoms with Gasteiger partial charge < -0.3 is 4.74 Å². The standard InChI is InChI=1S/C18H14F3N3O4/c1-23-14-12(6-7-13(22-14)18(19,20)21)15(25)24(17(23)27)9-10-4-3-5-11(8-10)16(26)28-2/h3-8H,9H2,1-2H3. The Morgan fingerprint density at radius 1 is 1.18 bits per heavy atom. The molecule has 0 bridgehead atoms. The molecule has 10 heteroatoms. The summed E-state index contributed by atoms with van der Waals surface area (Å²) in [7, 11) is 2.46. The van der Waals surface area contributed by atoms with E-state index in [1.165, 1.54) is 26.3 Å². The maximum Gasteiger partial charge on any atom is 0.433 e. The van der Waals surface area contributed by atoms with E-state index in [0.29, 0.717) is 11.6 Å². The highest BCUT2D eigenvalue weighted by Gasteiger charge is 2.33. The molecule has 1 aromatic carbocycles. The monoisotopic (exact) mass is 393 g/mol. The Bertz CT molecular complexity index is 1200. The molecule has 0 spiro atoms. The molecule has 0 N–H and O–H groups in total. The lowest BCUT2D eigenvalue weighted by atomic mass is 10.1. The minimum Gasteiger partial charge on any atom is -0.465 e. The van der Waals surface area contributed by atoms with E-state index in [9.17, 15) is 27.6 Å². The third-order valence-electron chi connectivity index (χ3n) is 4.17. The summed E-state index contributed by atoms with van der Waals surface area (Å²) in [4.78, 5) is 40.3. The predicted molar refractivity (Wildman–Crippen MR) is 93.1 cm³/mol. The molecule has 3 rings (SSSR count). The maximum atomic E-state index is 12.9. The Balaban J connectivity index is 2.14. The number of aryl methyl sites for hydroxylation is 1. The van der Waals surface area contributed by atoms with Crippen LogP contribution in [0.15, 0.2) is 46.0 Å². The van der Waals surface area contributed by atoms with E-state index in [2.05, 4.69) is 9.72 Å². The summed E-state index contributed by atoms with van der Waals surface area (Å²) in [6, 6.07) is 7.83. The van der Waals surface area contributed by atoms with Gasteiger partial charge in [-0.3, -0.25) is 13.9 Å². The minimum absolute atomic E-state index is 0.126. The minimum atomic E-state index is -4.70. The lowest BCUT2D eigenvalue weighted by Gasteiger charge is -2.12. The van der Waals surface area contributed by atoms with Gasteiger partial charge in [0.1, 0.15) is 11.3 Å². The molecule has 0 radical (unpaired) electrons. The van der Waals surface area contributed by atoms with Crippen molar-refractivity contribution in [2.45, 2.75) is 12.7 Å². The Hall–Kier alpha value is -3.43. The second-order valence-electron chi connectivity index (χ2n) is 5.99. The lowest BCUT2D eigenvalue weighted by Crippen LogP contribution is -2.39. The number of benzene rings is 1. The fourth-order valence-corrected chi connectivity index (χ4v) is 2.77. The van der Waals surface area contributed by atoms with Crippen molar-refractivity contribution in [3.8, 4) is 0 Å². The summed E-state index contributed by atoms with van der Waals surface area (Å²) in [5, 5.41) is -0.126. The van der Waals surface area contributed by atoms with Crippen molar-refractivity contribution in [3.05, 3.63) is 74.1 Å². The molecule has 0 aliphatic heterocycles. The van der Waals surface area contributed by atoms with Gasteiger partial charge in [0.2, 0.25) is 0 Å². The van der Waals surface area contributed by atoms with Crippen molar-refractivity contribution in [2.75, 3.05) is 7.11 Å². The molecular formula is C18H14F3N3O4. The van der Waals surface area contributed by atoms with Gasteiger partial charge in [0.15, 0.2) is 0 Å². The highest BCUT2D eigenvalue weighted by molar-refractivity contribution is 5.89. The number of hydrogen-bond donors (Lipinski definition) is 0. The number of aromatic nitrogens is 3. The van der Waals surface area contributed by atoms with Crippen molar-refractivity contribution in [2.24, 2.45) is 7.05 Å². The van der Waals surface area contributed by atoms with Crippen molar-refractivity contribution < 1.29 is 22.7 Å². The first-order chi connectivity index (χ1) is 13.1. The molecule has 0 aliphatic rings. The molecule has 0 saturated carbocycles. The average Bonchev–Trinajstić information content (AvgIpc) is 2.68. The third-order valence-corrected chi connectivity index (χ3v) is 4.17. The fraction of sp³-hybridized carbons (Fsp3) is 0.222. The van der Waals surface area contributed by atoms with Crippen molar-refractivity contribution in [1.82, 2.24) is 14.1 Å². The van der Waals surface area contributed by atoms with E-state index in [1.807, 2.05) is 0 Å². The van der Waals surface area contributed by atoms with E-state index in [-0.39, 0.29) is 23.1 Å². The van der Waals surface area contributed by atoms with Crippen LogP contribution in [0.1, 0.15) is 21.6 Å². The molecule has 28 heavy (non-hydrogen) atoms. The van der Waals surface area contributed by atoms with Crippen LogP contribution in [0, 0.1) is 0 Å². The van der Waals surface area contributed by atoms with Crippen LogP contribution in [0.5, 0.6) is 0 Å². The molecule has 0 unspecified atom stereocenters. The zero-order valence-corrected chi connectivity index (χ0v) is 14.8. The second-order valence-corrected chi connectivity index (χ2v) is 5.99. The Morgan fingerprint density at radius 3 is 2.54 bits per heavy atom. The largest absolute Gasteiger partial charge is 0.465 e. The molecular weight excluding hydrogens is 379 g/mol. The summed E-state index contributed by atoms with van der Waals surface area (Å²) >= 11 is 0. The van der Waals surface area contributed by atoms with Gasteiger partial charge in [-0.15, -0.1) is 0 Å². The van der Waals surface area contributed by atoms with Gasteiger partial charge in [-0.2, -0.15) is 13.2 Å². The summed E-state index contributed by atoms with van der Waals surface area (Å²) in [5.74, 6) is -0.579. The summed E-state index contributed by atoms with van der Waals surface area (Å²) < 4.78 is 45.0. The van der Waals surface area contributed by atoms with Gasteiger partial charge in [-0.1, -0.05) is 12.1 Å². The van der Waals surface area contributed by atoms with E-state index < -0.39 is 29.1 Å². The Kier molecular flexibility index (Phi) is 4.80. The van der Waals surface area contributed by atoms with Gasteiger partial charge in [0.05, 0.1) is 24.6 Å². The van der Waals surface area contributed by atoms with Gasteiger partial charge in [-0.25, -0.2) is 14.6 Å². The summed E-state index contributed by atoms with van der Waals surface area (Å²) in [6.07, 6.45) is -4.70. The molecule has 2 heterocycles. The predicted octanol–water partition coefficient (Wildman–Crippen LogP) is 1.95. The first-order valence-electron chi connectivity index (χ1n) is 7.98. The molecule has 0 amide bonds. The zero-order valence-electron chi connectivity index (χ0n) is 14.8. The molecule has 146 valence electrons. The molecule has 0 fully saturated rings. The van der Waals surface area contributed by atoms with Gasteiger partial charge >= 0.3 is 17.8 Å². The van der Waals surface area contributed by atoms with Gasteiger partial charge in [0, 0.05) is 7.05 Å². The van der Waals surface area contributed by atoms with Crippen molar-refractivity contribution in [1.29, 1.82) is 0 Å². The molecule has 0 saturated heterocycles. The number of ether oxygens (including phenoxy) is 1. The number of pyridine rings is 1. The van der Waals surface area contributed by atoms with Crippen molar-refractivity contribution >= 4 is 17.0 Å². The molecule has 3 aromatic rings. The van der Waals surface area contributed by atoms with Crippen LogP contribution in [0.3, 0.4) is 0 Å². The highest BCUT2D eigenvalue weighted by atomic mass is 19.4. The highest BCUT2D eigenvalue weighted by Crippen LogP contribution is 2.28. The molecule has 0 aliphatic carbocycles. The first-order valence-corrected chi connectivity index (χ1v) is 7.98.